The van der Waals surface area contributed by atoms with Gasteiger partial charge in [0.15, 0.2) is 0 Å². The van der Waals surface area contributed by atoms with Crippen LogP contribution in [0, 0.1) is 0 Å². The molecule has 14 rings (SSSR count). The zero-order chi connectivity index (χ0) is 87.1. The van der Waals surface area contributed by atoms with E-state index in [4.69, 9.17) is 0 Å². The lowest BCUT2D eigenvalue weighted by Crippen LogP contribution is -2.13. The van der Waals surface area contributed by atoms with E-state index in [9.17, 15) is 0 Å². The zero-order valence-corrected chi connectivity index (χ0v) is 80.8. The van der Waals surface area contributed by atoms with Gasteiger partial charge in [0.1, 0.15) is 0 Å². The molecule has 0 N–H and O–H groups in total. The summed E-state index contributed by atoms with van der Waals surface area (Å²) < 4.78 is 0. The molecule has 0 saturated heterocycles. The molecular weight excluding hydrogens is 1470 g/mol. The SMILES string of the molecule is CC.CC.CC.CC.CC.CC.CC.CC.CC.CC.CC.CC.CC.CC.c1ccc(P(Cc2cc(-c3c(CP(c4ccccc4)c4ccccc4)ccc4ccccc34)c3ccccc3c2)c2ccccc2)cc1.c1ccc(P(Cc2cccc(-c3ccccc3CP(c3ccccc3)c3ccccc3)c2)c2ccccc2)cc1. The van der Waals surface area contributed by atoms with Gasteiger partial charge in [-0.3, -0.25) is 0 Å². The fourth-order valence-corrected chi connectivity index (χ4v) is 21.3. The maximum atomic E-state index is 2.52. The molecule has 0 saturated carbocycles. The van der Waals surface area contributed by atoms with Crippen LogP contribution in [0.1, 0.15) is 216 Å². The van der Waals surface area contributed by atoms with Gasteiger partial charge in [0.2, 0.25) is 0 Å². The first-order chi connectivity index (χ1) is 57.7. The lowest BCUT2D eigenvalue weighted by Gasteiger charge is -2.23. The Kier molecular flexibility index (Phi) is 68.6. The van der Waals surface area contributed by atoms with E-state index in [0.29, 0.717) is 0 Å². The van der Waals surface area contributed by atoms with Gasteiger partial charge in [-0.15, -0.1) is 0 Å². The monoisotopic (exact) mass is 1620 g/mol. The lowest BCUT2D eigenvalue weighted by molar-refractivity contribution is 1.37. The van der Waals surface area contributed by atoms with Gasteiger partial charge in [0, 0.05) is 24.6 Å². The van der Waals surface area contributed by atoms with Crippen molar-refractivity contribution in [2.45, 2.75) is 219 Å². The minimum absolute atomic E-state index is 0.487. The molecule has 14 aromatic carbocycles. The van der Waals surface area contributed by atoms with Gasteiger partial charge in [0.05, 0.1) is 0 Å². The highest BCUT2D eigenvalue weighted by atomic mass is 31.1. The van der Waals surface area contributed by atoms with Gasteiger partial charge in [-0.2, -0.15) is 0 Å². The standard InChI is InChI=1S/C46H36P2.C38H32P2.14C2H6/c1-5-19-39(20-6-1)47(40-21-7-2-8-22-40)33-35-31-37-18-14-15-27-43(37)45(32-35)46-38(30-29-36-17-13-16-28-44(36)46)34-48(41-23-9-3-10-24-41)42-25-11-4-12-26-42;1-5-19-34(20-6-1)39(35-21-7-2-8-22-35)29-31-16-15-18-32(28-31)38-27-14-13-17-33(38)30-40(36-23-9-3-10-24-36)37-25-11-4-12-26-37;14*1-2/h1-32H,33-34H2;1-28H,29-30H2;14*1-2H3. The molecule has 0 unspecified atom stereocenters. The smallest absolute Gasteiger partial charge is 0.00138 e. The van der Waals surface area contributed by atoms with Crippen molar-refractivity contribution in [2.75, 3.05) is 0 Å². The molecule has 0 heterocycles. The van der Waals surface area contributed by atoms with Crippen LogP contribution in [0.15, 0.2) is 364 Å². The van der Waals surface area contributed by atoms with Crippen molar-refractivity contribution in [2.24, 2.45) is 0 Å². The molecule has 0 aliphatic heterocycles. The summed E-state index contributed by atoms with van der Waals surface area (Å²) in [5.41, 5.74) is 10.9. The largest absolute Gasteiger partial charge is 0.0683 e. The highest BCUT2D eigenvalue weighted by Crippen LogP contribution is 2.47. The highest BCUT2D eigenvalue weighted by Gasteiger charge is 2.23. The predicted octanol–water partition coefficient (Wildman–Crippen LogP) is 33.9. The third-order valence-electron chi connectivity index (χ3n) is 16.3. The lowest BCUT2D eigenvalue weighted by atomic mass is 9.89. The minimum atomic E-state index is -0.611. The van der Waals surface area contributed by atoms with Crippen molar-refractivity contribution in [3.8, 4) is 22.3 Å². The van der Waals surface area contributed by atoms with Crippen molar-refractivity contribution in [1.82, 2.24) is 0 Å². The number of benzene rings is 14. The Bertz CT molecular complexity index is 4330. The average molecular weight is 1620 g/mol. The Labute approximate surface area is 717 Å². The van der Waals surface area contributed by atoms with Crippen molar-refractivity contribution >= 4 is 95.7 Å². The van der Waals surface area contributed by atoms with Crippen LogP contribution in [0.2, 0.25) is 0 Å². The van der Waals surface area contributed by atoms with Gasteiger partial charge < -0.3 is 0 Å². The van der Waals surface area contributed by atoms with Crippen LogP contribution in [-0.4, -0.2) is 0 Å². The predicted molar refractivity (Wildman–Crippen MR) is 549 cm³/mol. The molecule has 0 nitrogen and oxygen atoms in total. The highest BCUT2D eigenvalue weighted by molar-refractivity contribution is 7.73. The van der Waals surface area contributed by atoms with E-state index in [0.717, 1.165) is 24.6 Å². The second kappa shape index (κ2) is 72.8. The number of hydrogen-bond acceptors (Lipinski definition) is 0. The van der Waals surface area contributed by atoms with E-state index in [-0.39, 0.29) is 0 Å². The Morgan fingerprint density at radius 3 is 0.776 bits per heavy atom. The molecule has 0 atom stereocenters. The van der Waals surface area contributed by atoms with Crippen LogP contribution >= 0.6 is 31.7 Å². The summed E-state index contributed by atoms with van der Waals surface area (Å²) >= 11 is 0. The van der Waals surface area contributed by atoms with Gasteiger partial charge in [0.25, 0.3) is 0 Å². The first-order valence-corrected chi connectivity index (χ1v) is 50.5. The number of rotatable bonds is 18. The molecule has 0 aromatic heterocycles. The fourth-order valence-electron chi connectivity index (χ4n) is 12.1. The quantitative estimate of drug-likeness (QED) is 0.0751. The molecule has 0 aliphatic rings. The summed E-state index contributed by atoms with van der Waals surface area (Å²) in [6.45, 7) is 56.0. The fraction of sp³-hybridized carbons (Fsp3) is 0.286. The van der Waals surface area contributed by atoms with E-state index in [1.54, 1.807) is 0 Å². The Hall–Kier alpha value is -8.68. The molecule has 620 valence electrons. The van der Waals surface area contributed by atoms with E-state index in [2.05, 4.69) is 364 Å². The third kappa shape index (κ3) is 35.6. The van der Waals surface area contributed by atoms with Gasteiger partial charge in [-0.1, -0.05) is 558 Å². The molecular formula is C112H152P4. The van der Waals surface area contributed by atoms with Crippen LogP contribution in [0.5, 0.6) is 0 Å². The van der Waals surface area contributed by atoms with Crippen molar-refractivity contribution in [1.29, 1.82) is 0 Å². The maximum Gasteiger partial charge on any atom is 0.00138 e. The minimum Gasteiger partial charge on any atom is -0.0683 e. The summed E-state index contributed by atoms with van der Waals surface area (Å²) in [5, 5.41) is 16.5. The first-order valence-electron chi connectivity index (χ1n) is 44.4. The Balaban J connectivity index is 0. The van der Waals surface area contributed by atoms with Crippen LogP contribution in [0.4, 0.5) is 0 Å². The van der Waals surface area contributed by atoms with Crippen molar-refractivity contribution < 1.29 is 0 Å². The number of fused-ring (bicyclic) bond motifs is 2. The second-order valence-electron chi connectivity index (χ2n) is 22.1. The summed E-state index contributed by atoms with van der Waals surface area (Å²) in [5.74, 6) is 0. The normalized spacial score (nSPS) is 9.31. The van der Waals surface area contributed by atoms with Crippen LogP contribution in [0.25, 0.3) is 43.8 Å². The summed E-state index contributed by atoms with van der Waals surface area (Å²) in [6.07, 6.45) is 4.01. The third-order valence-corrected chi connectivity index (χ3v) is 26.4. The Morgan fingerprint density at radius 1 is 0.164 bits per heavy atom. The molecule has 4 heteroatoms. The van der Waals surface area contributed by atoms with E-state index in [1.165, 1.54) is 108 Å². The summed E-state index contributed by atoms with van der Waals surface area (Å²) in [7, 11) is -2.19. The van der Waals surface area contributed by atoms with E-state index >= 15 is 0 Å². The van der Waals surface area contributed by atoms with Gasteiger partial charge >= 0.3 is 0 Å². The molecule has 0 radical (unpaired) electrons. The molecule has 0 fully saturated rings. The molecule has 14 aromatic rings. The zero-order valence-electron chi connectivity index (χ0n) is 77.3. The topological polar surface area (TPSA) is 0 Å². The summed E-state index contributed by atoms with van der Waals surface area (Å²) in [6, 6.07) is 134. The molecule has 0 amide bonds. The van der Waals surface area contributed by atoms with Crippen LogP contribution in [0.3, 0.4) is 0 Å². The first kappa shape index (κ1) is 109. The Morgan fingerprint density at radius 2 is 0.431 bits per heavy atom. The van der Waals surface area contributed by atoms with E-state index < -0.39 is 31.7 Å². The molecule has 0 spiro atoms. The molecule has 116 heavy (non-hydrogen) atoms. The molecule has 0 bridgehead atoms. The van der Waals surface area contributed by atoms with Crippen molar-refractivity contribution in [3.05, 3.63) is 386 Å². The average Bonchev–Trinajstić information content (AvgIpc) is 0.754. The maximum absolute atomic E-state index is 2.52. The van der Waals surface area contributed by atoms with Crippen molar-refractivity contribution in [3.63, 3.8) is 0 Å². The van der Waals surface area contributed by atoms with Gasteiger partial charge in [-0.05, 0) is 140 Å². The molecule has 0 aliphatic carbocycles. The summed E-state index contributed by atoms with van der Waals surface area (Å²) in [4.78, 5) is 0. The van der Waals surface area contributed by atoms with Gasteiger partial charge in [-0.25, -0.2) is 0 Å². The van der Waals surface area contributed by atoms with E-state index in [1.807, 2.05) is 194 Å². The second-order valence-corrected chi connectivity index (χ2v) is 30.9. The number of hydrogen-bond donors (Lipinski definition) is 0. The van der Waals surface area contributed by atoms with Crippen LogP contribution in [-0.2, 0) is 24.6 Å². The van der Waals surface area contributed by atoms with Crippen LogP contribution < -0.4 is 42.4 Å².